The van der Waals surface area contributed by atoms with Crippen LogP contribution in [0.5, 0.6) is 0 Å². The van der Waals surface area contributed by atoms with Gasteiger partial charge in [-0.05, 0) is 79.2 Å². The van der Waals surface area contributed by atoms with E-state index in [0.29, 0.717) is 19.0 Å². The van der Waals surface area contributed by atoms with Crippen molar-refractivity contribution in [2.24, 2.45) is 17.3 Å². The topological polar surface area (TPSA) is 49.8 Å². The molecule has 1 aromatic carbocycles. The number of carbonyl (C=O) groups is 1. The van der Waals surface area contributed by atoms with Gasteiger partial charge in [0, 0.05) is 26.2 Å². The van der Waals surface area contributed by atoms with Crippen LogP contribution in [-0.4, -0.2) is 48.3 Å². The van der Waals surface area contributed by atoms with E-state index in [1.807, 2.05) is 12.1 Å². The predicted octanol–water partition coefficient (Wildman–Crippen LogP) is 5.24. The summed E-state index contributed by atoms with van der Waals surface area (Å²) in [5.41, 5.74) is 5.69. The molecule has 0 bridgehead atoms. The van der Waals surface area contributed by atoms with Crippen molar-refractivity contribution in [3.63, 3.8) is 0 Å². The van der Waals surface area contributed by atoms with E-state index in [0.717, 1.165) is 50.8 Å². The Hall–Kier alpha value is -1.98. The van der Waals surface area contributed by atoms with Gasteiger partial charge in [0.05, 0.1) is 12.0 Å². The highest BCUT2D eigenvalue weighted by atomic mass is 19.1. The number of hydrogen-bond acceptors (Lipinski definition) is 3. The number of nitrogens with zero attached hydrogens (tertiary/aromatic N) is 1. The molecule has 1 N–H and O–H groups in total. The third kappa shape index (κ3) is 5.15. The predicted molar refractivity (Wildman–Crippen MR) is 124 cm³/mol. The first-order chi connectivity index (χ1) is 15.2. The fraction of sp³-hybridized carbons (Fsp3) is 0.593. The van der Waals surface area contributed by atoms with Gasteiger partial charge in [0.25, 0.3) is 0 Å². The number of allylic oxidation sites excluding steroid dienone is 2. The molecule has 1 heterocycles. The molecule has 1 saturated heterocycles. The molecule has 5 heteroatoms. The molecular weight excluding hydrogens is 405 g/mol. The first kappa shape index (κ1) is 23.2. The lowest BCUT2D eigenvalue weighted by molar-refractivity contribution is -0.147. The second-order valence-corrected chi connectivity index (χ2v) is 10.5. The summed E-state index contributed by atoms with van der Waals surface area (Å²) in [7, 11) is 0. The molecule has 0 spiro atoms. The van der Waals surface area contributed by atoms with Crippen LogP contribution in [0.1, 0.15) is 52.0 Å². The van der Waals surface area contributed by atoms with E-state index >= 15 is 0 Å². The number of benzene rings is 1. The third-order valence-electron chi connectivity index (χ3n) is 7.66. The van der Waals surface area contributed by atoms with Crippen LogP contribution in [0, 0.1) is 23.1 Å². The van der Waals surface area contributed by atoms with Gasteiger partial charge in [-0.3, -0.25) is 9.69 Å². The van der Waals surface area contributed by atoms with Gasteiger partial charge in [0.1, 0.15) is 5.82 Å². The molecule has 2 aliphatic carbocycles. The summed E-state index contributed by atoms with van der Waals surface area (Å²) in [5.74, 6) is -0.660. The fourth-order valence-electron chi connectivity index (χ4n) is 5.67. The molecule has 4 nitrogen and oxygen atoms in total. The Morgan fingerprint density at radius 1 is 1.31 bits per heavy atom. The molecule has 1 aromatic rings. The largest absolute Gasteiger partial charge is 0.481 e. The van der Waals surface area contributed by atoms with Gasteiger partial charge in [-0.2, -0.15) is 0 Å². The zero-order valence-electron chi connectivity index (χ0n) is 19.6. The number of aliphatic carboxylic acids is 1. The summed E-state index contributed by atoms with van der Waals surface area (Å²) in [5, 5.41) is 9.11. The van der Waals surface area contributed by atoms with Crippen molar-refractivity contribution >= 4 is 5.97 Å². The first-order valence-electron chi connectivity index (χ1n) is 11.9. The third-order valence-corrected chi connectivity index (χ3v) is 7.66. The van der Waals surface area contributed by atoms with Gasteiger partial charge in [0.15, 0.2) is 0 Å². The van der Waals surface area contributed by atoms with Crippen LogP contribution in [-0.2, 0) is 16.0 Å². The molecule has 4 rings (SSSR count). The van der Waals surface area contributed by atoms with E-state index in [1.165, 1.54) is 28.9 Å². The van der Waals surface area contributed by atoms with Crippen molar-refractivity contribution in [2.75, 3.05) is 26.2 Å². The second-order valence-electron chi connectivity index (χ2n) is 10.5. The van der Waals surface area contributed by atoms with Crippen LogP contribution in [0.25, 0.3) is 0 Å². The Morgan fingerprint density at radius 2 is 2.03 bits per heavy atom. The monoisotopic (exact) mass is 441 g/mol. The van der Waals surface area contributed by atoms with Gasteiger partial charge in [-0.15, -0.1) is 0 Å². The summed E-state index contributed by atoms with van der Waals surface area (Å²) in [6.45, 7) is 9.80. The van der Waals surface area contributed by atoms with E-state index in [1.54, 1.807) is 0 Å². The van der Waals surface area contributed by atoms with E-state index in [9.17, 15) is 9.18 Å². The Labute approximate surface area is 191 Å². The Balaban J connectivity index is 1.31. The number of fused-ring (bicyclic) bond motifs is 1. The zero-order valence-corrected chi connectivity index (χ0v) is 19.6. The number of likely N-dealkylation sites (tertiary alicyclic amines) is 1. The van der Waals surface area contributed by atoms with Crippen LogP contribution in [0.2, 0.25) is 0 Å². The van der Waals surface area contributed by atoms with E-state index in [2.05, 4.69) is 31.7 Å². The van der Waals surface area contributed by atoms with Gasteiger partial charge in [-0.25, -0.2) is 4.39 Å². The van der Waals surface area contributed by atoms with Crippen molar-refractivity contribution < 1.29 is 19.0 Å². The molecule has 32 heavy (non-hydrogen) atoms. The Kier molecular flexibility index (Phi) is 6.87. The molecule has 0 amide bonds. The normalized spacial score (nSPS) is 27.5. The molecule has 1 fully saturated rings. The number of ether oxygens (including phenoxy) is 1. The molecule has 0 saturated carbocycles. The number of halogens is 1. The van der Waals surface area contributed by atoms with Gasteiger partial charge in [0.2, 0.25) is 0 Å². The van der Waals surface area contributed by atoms with Crippen LogP contribution >= 0.6 is 0 Å². The van der Waals surface area contributed by atoms with Gasteiger partial charge in [-0.1, -0.05) is 37.6 Å². The highest BCUT2D eigenvalue weighted by Crippen LogP contribution is 2.50. The van der Waals surface area contributed by atoms with E-state index in [-0.39, 0.29) is 23.3 Å². The second kappa shape index (κ2) is 9.48. The maximum Gasteiger partial charge on any atom is 0.309 e. The van der Waals surface area contributed by atoms with Gasteiger partial charge < -0.3 is 9.84 Å². The minimum absolute atomic E-state index is 0.162. The summed E-state index contributed by atoms with van der Waals surface area (Å²) in [6.07, 6.45) is 7.76. The molecule has 1 aliphatic heterocycles. The maximum absolute atomic E-state index is 13.1. The average Bonchev–Trinajstić information content (AvgIpc) is 2.71. The van der Waals surface area contributed by atoms with Gasteiger partial charge >= 0.3 is 5.97 Å². The molecule has 3 atom stereocenters. The minimum atomic E-state index is -0.670. The summed E-state index contributed by atoms with van der Waals surface area (Å²) in [4.78, 5) is 13.3. The fourth-order valence-corrected chi connectivity index (χ4v) is 5.67. The standard InChI is InChI=1S/C27H36FNO3/c1-18(12-20-4-6-23(28)7-5-20)17-32-24-8-9-25-19(2)21(10-11-27(25,3)13-24)14-29-15-22(16-29)26(30)31/h4-7,9,18,22,24H,8,10-17H2,1-3H3,(H,30,31)/t18-,24?,27+/m1/s1. The van der Waals surface area contributed by atoms with Crippen molar-refractivity contribution in [2.45, 2.75) is 59.0 Å². The average molecular weight is 442 g/mol. The molecular formula is C27H36FNO3. The number of carboxylic acids is 1. The Bertz CT molecular complexity index is 900. The lowest BCUT2D eigenvalue weighted by Gasteiger charge is -2.45. The number of rotatable bonds is 8. The SMILES string of the molecule is CC1=C(CN2CC(C(=O)O)C2)CC[C@@]2(C)CC(OC[C@H](C)Cc3ccc(F)cc3)CC=C12. The van der Waals surface area contributed by atoms with E-state index in [4.69, 9.17) is 9.84 Å². The van der Waals surface area contributed by atoms with E-state index < -0.39 is 5.97 Å². The number of carboxylic acid groups (broad SMARTS) is 1. The number of hydrogen-bond donors (Lipinski definition) is 1. The highest BCUT2D eigenvalue weighted by molar-refractivity contribution is 5.71. The quantitative estimate of drug-likeness (QED) is 0.599. The summed E-state index contributed by atoms with van der Waals surface area (Å²) >= 11 is 0. The molecule has 3 aliphatic rings. The minimum Gasteiger partial charge on any atom is -0.481 e. The molecule has 1 unspecified atom stereocenters. The van der Waals surface area contributed by atoms with Crippen molar-refractivity contribution in [3.8, 4) is 0 Å². The molecule has 174 valence electrons. The molecule has 0 aromatic heterocycles. The smallest absolute Gasteiger partial charge is 0.309 e. The van der Waals surface area contributed by atoms with Crippen molar-refractivity contribution in [1.29, 1.82) is 0 Å². The van der Waals surface area contributed by atoms with Crippen LogP contribution in [0.3, 0.4) is 0 Å². The molecule has 0 radical (unpaired) electrons. The van der Waals surface area contributed by atoms with Crippen LogP contribution in [0.15, 0.2) is 47.1 Å². The Morgan fingerprint density at radius 3 is 2.72 bits per heavy atom. The lowest BCUT2D eigenvalue weighted by Crippen LogP contribution is -2.51. The maximum atomic E-state index is 13.1. The first-order valence-corrected chi connectivity index (χ1v) is 11.9. The summed E-state index contributed by atoms with van der Waals surface area (Å²) in [6, 6.07) is 6.77. The zero-order chi connectivity index (χ0) is 22.9. The van der Waals surface area contributed by atoms with Crippen LogP contribution in [0.4, 0.5) is 4.39 Å². The highest BCUT2D eigenvalue weighted by Gasteiger charge is 2.40. The lowest BCUT2D eigenvalue weighted by atomic mass is 9.63. The van der Waals surface area contributed by atoms with Crippen molar-refractivity contribution in [1.82, 2.24) is 4.90 Å². The summed E-state index contributed by atoms with van der Waals surface area (Å²) < 4.78 is 19.5. The van der Waals surface area contributed by atoms with Crippen LogP contribution < -0.4 is 0 Å². The van der Waals surface area contributed by atoms with Crippen molar-refractivity contribution in [3.05, 3.63) is 58.4 Å².